The maximum atomic E-state index is 13.7. The number of amides is 1. The smallest absolute Gasteiger partial charge is 0.365 e. The van der Waals surface area contributed by atoms with E-state index in [0.29, 0.717) is 16.8 Å². The number of carbonyl (C=O) groups is 1. The number of nitrogens with two attached hydrogens (primary N) is 1. The number of alkyl halides is 5. The minimum atomic E-state index is -4.47. The van der Waals surface area contributed by atoms with Gasteiger partial charge in [-0.25, -0.2) is 8.78 Å². The molecule has 2 aromatic carbocycles. The molecule has 0 fully saturated rings. The van der Waals surface area contributed by atoms with Crippen LogP contribution in [0.1, 0.15) is 12.5 Å². The van der Waals surface area contributed by atoms with E-state index in [9.17, 15) is 26.7 Å². The number of hydrogen-bond acceptors (Lipinski definition) is 3. The Morgan fingerprint density at radius 3 is 2.25 bits per heavy atom. The Bertz CT molecular complexity index is 925. The van der Waals surface area contributed by atoms with Crippen LogP contribution < -0.4 is 10.6 Å². The van der Waals surface area contributed by atoms with Crippen molar-refractivity contribution in [3.05, 3.63) is 64.7 Å². The molecule has 0 radical (unpaired) electrons. The molecule has 1 aliphatic rings. The first kappa shape index (κ1) is 20.2. The van der Waals surface area contributed by atoms with Crippen molar-refractivity contribution in [1.82, 2.24) is 0 Å². The fourth-order valence-corrected chi connectivity index (χ4v) is 4.17. The Kier molecular flexibility index (Phi) is 5.38. The number of benzene rings is 2. The summed E-state index contributed by atoms with van der Waals surface area (Å²) >= 11 is 0.925. The summed E-state index contributed by atoms with van der Waals surface area (Å²) in [6.45, 7) is 1.65. The molecule has 2 N–H and O–H groups in total. The summed E-state index contributed by atoms with van der Waals surface area (Å²) in [5, 5.41) is -0.540. The first-order valence-electron chi connectivity index (χ1n) is 8.16. The van der Waals surface area contributed by atoms with Crippen molar-refractivity contribution in [2.24, 2.45) is 5.73 Å². The van der Waals surface area contributed by atoms with Crippen LogP contribution in [0.15, 0.2) is 59.1 Å². The third-order valence-corrected chi connectivity index (χ3v) is 5.46. The van der Waals surface area contributed by atoms with Gasteiger partial charge in [-0.3, -0.25) is 4.79 Å². The van der Waals surface area contributed by atoms with Crippen LogP contribution in [-0.2, 0) is 11.0 Å². The van der Waals surface area contributed by atoms with Gasteiger partial charge < -0.3 is 10.6 Å². The van der Waals surface area contributed by atoms with E-state index in [1.807, 2.05) is 0 Å². The number of carbonyl (C=O) groups excluding carboxylic acids is 1. The number of allylic oxidation sites excluding steroid dienone is 1. The molecular formula is C19H15F5N2OS. The van der Waals surface area contributed by atoms with Crippen LogP contribution in [0.4, 0.5) is 27.6 Å². The zero-order chi connectivity index (χ0) is 20.6. The zero-order valence-corrected chi connectivity index (χ0v) is 15.3. The summed E-state index contributed by atoms with van der Waals surface area (Å²) in [6, 6.07) is 10.9. The second kappa shape index (κ2) is 7.46. The average Bonchev–Trinajstić information content (AvgIpc) is 2.99. The van der Waals surface area contributed by atoms with E-state index < -0.39 is 35.1 Å². The van der Waals surface area contributed by atoms with Crippen LogP contribution >= 0.6 is 11.8 Å². The van der Waals surface area contributed by atoms with Crippen molar-refractivity contribution in [3.63, 3.8) is 0 Å². The quantitative estimate of drug-likeness (QED) is 0.697. The Labute approximate surface area is 162 Å². The van der Waals surface area contributed by atoms with Crippen LogP contribution in [0.25, 0.3) is 11.1 Å². The molecule has 1 amide bonds. The van der Waals surface area contributed by atoms with Crippen LogP contribution in [-0.4, -0.2) is 17.7 Å². The summed E-state index contributed by atoms with van der Waals surface area (Å²) in [5.41, 5.74) is 5.21. The third-order valence-electron chi connectivity index (χ3n) is 4.26. The van der Waals surface area contributed by atoms with E-state index in [1.54, 1.807) is 31.2 Å². The molecule has 0 saturated carbocycles. The van der Waals surface area contributed by atoms with Crippen LogP contribution in [0.5, 0.6) is 0 Å². The summed E-state index contributed by atoms with van der Waals surface area (Å²) < 4.78 is 65.9. The predicted octanol–water partition coefficient (Wildman–Crippen LogP) is 5.23. The van der Waals surface area contributed by atoms with Gasteiger partial charge >= 0.3 is 6.18 Å². The van der Waals surface area contributed by atoms with E-state index in [0.717, 1.165) is 23.9 Å². The molecule has 2 aromatic rings. The first-order valence-corrected chi connectivity index (χ1v) is 9.04. The first-order chi connectivity index (χ1) is 13.1. The lowest BCUT2D eigenvalue weighted by Gasteiger charge is -2.28. The largest absolute Gasteiger partial charge is 0.416 e. The second-order valence-corrected chi connectivity index (χ2v) is 7.38. The van der Waals surface area contributed by atoms with Gasteiger partial charge in [-0.15, -0.1) is 0 Å². The minimum Gasteiger partial charge on any atom is -0.365 e. The molecule has 0 spiro atoms. The molecule has 3 nitrogen and oxygen atoms in total. The van der Waals surface area contributed by atoms with E-state index in [1.165, 1.54) is 17.0 Å². The van der Waals surface area contributed by atoms with Crippen LogP contribution in [0.3, 0.4) is 0 Å². The summed E-state index contributed by atoms with van der Waals surface area (Å²) in [6.07, 6.45) is -7.42. The Morgan fingerprint density at radius 1 is 1.11 bits per heavy atom. The number of primary amides is 1. The van der Waals surface area contributed by atoms with E-state index >= 15 is 0 Å². The summed E-state index contributed by atoms with van der Waals surface area (Å²) in [4.78, 5) is 12.7. The highest BCUT2D eigenvalue weighted by molar-refractivity contribution is 8.05. The number of rotatable bonds is 4. The van der Waals surface area contributed by atoms with E-state index in [-0.39, 0.29) is 4.91 Å². The lowest BCUT2D eigenvalue weighted by Crippen LogP contribution is -2.30. The number of thioether (sulfide) groups is 1. The van der Waals surface area contributed by atoms with Gasteiger partial charge in [0, 0.05) is 11.3 Å². The Morgan fingerprint density at radius 2 is 1.71 bits per heavy atom. The van der Waals surface area contributed by atoms with Crippen molar-refractivity contribution in [1.29, 1.82) is 0 Å². The van der Waals surface area contributed by atoms with Gasteiger partial charge in [0.05, 0.1) is 15.8 Å². The molecule has 0 aliphatic carbocycles. The molecular weight excluding hydrogens is 399 g/mol. The number of anilines is 1. The monoisotopic (exact) mass is 414 g/mol. The lowest BCUT2D eigenvalue weighted by molar-refractivity contribution is -0.137. The third kappa shape index (κ3) is 3.71. The average molecular weight is 414 g/mol. The van der Waals surface area contributed by atoms with Crippen molar-refractivity contribution in [3.8, 4) is 11.1 Å². The minimum absolute atomic E-state index is 0.218. The van der Waals surface area contributed by atoms with Crippen molar-refractivity contribution in [2.45, 2.75) is 24.9 Å². The van der Waals surface area contributed by atoms with E-state index in [4.69, 9.17) is 5.73 Å². The Hall–Kier alpha value is -2.55. The fourth-order valence-electron chi connectivity index (χ4n) is 3.07. The molecule has 1 unspecified atom stereocenters. The summed E-state index contributed by atoms with van der Waals surface area (Å²) in [7, 11) is 0. The number of halogens is 5. The van der Waals surface area contributed by atoms with Crippen LogP contribution in [0, 0.1) is 0 Å². The summed E-state index contributed by atoms with van der Waals surface area (Å²) in [5.74, 6) is -0.943. The lowest BCUT2D eigenvalue weighted by atomic mass is 10.0. The normalized spacial score (nSPS) is 17.5. The van der Waals surface area contributed by atoms with Gasteiger partial charge in [-0.2, -0.15) is 13.2 Å². The standard InChI is InChI=1S/C19H15F5N2OS/c1-10-26(15(17(20)21)16(28-10)18(25)27)14-5-3-2-4-13(14)11-6-8-12(9-7-11)19(22,23)24/h2-10,17H,1H3,(H2,25,27). The van der Waals surface area contributed by atoms with E-state index in [2.05, 4.69) is 0 Å². The van der Waals surface area contributed by atoms with Gasteiger partial charge in [0.2, 0.25) is 0 Å². The topological polar surface area (TPSA) is 46.3 Å². The SMILES string of the molecule is CC1SC(C(N)=O)=C(C(F)F)N1c1ccccc1-c1ccc(C(F)(F)F)cc1. The van der Waals surface area contributed by atoms with Crippen molar-refractivity contribution in [2.75, 3.05) is 4.90 Å². The molecule has 0 saturated heterocycles. The molecule has 1 heterocycles. The maximum absolute atomic E-state index is 13.7. The number of para-hydroxylation sites is 1. The molecule has 0 aromatic heterocycles. The number of hydrogen-bond donors (Lipinski definition) is 1. The van der Waals surface area contributed by atoms with Crippen molar-refractivity contribution >= 4 is 23.4 Å². The zero-order valence-electron chi connectivity index (χ0n) is 14.5. The van der Waals surface area contributed by atoms with Gasteiger partial charge in [-0.1, -0.05) is 42.1 Å². The molecule has 1 atom stereocenters. The van der Waals surface area contributed by atoms with Crippen molar-refractivity contribution < 1.29 is 26.7 Å². The predicted molar refractivity (Wildman–Crippen MR) is 98.6 cm³/mol. The molecule has 0 bridgehead atoms. The fraction of sp³-hybridized carbons (Fsp3) is 0.211. The highest BCUT2D eigenvalue weighted by Crippen LogP contribution is 2.46. The van der Waals surface area contributed by atoms with Gasteiger partial charge in [-0.05, 0) is 30.7 Å². The second-order valence-electron chi connectivity index (χ2n) is 6.06. The Balaban J connectivity index is 2.11. The number of nitrogens with zero attached hydrogens (tertiary/aromatic N) is 1. The molecule has 3 rings (SSSR count). The molecule has 9 heteroatoms. The molecule has 1 aliphatic heterocycles. The molecule has 28 heavy (non-hydrogen) atoms. The maximum Gasteiger partial charge on any atom is 0.416 e. The highest BCUT2D eigenvalue weighted by Gasteiger charge is 2.39. The van der Waals surface area contributed by atoms with Gasteiger partial charge in [0.25, 0.3) is 12.3 Å². The molecule has 148 valence electrons. The van der Waals surface area contributed by atoms with Crippen LogP contribution in [0.2, 0.25) is 0 Å². The highest BCUT2D eigenvalue weighted by atomic mass is 32.2. The van der Waals surface area contributed by atoms with Gasteiger partial charge in [0.1, 0.15) is 5.70 Å². The van der Waals surface area contributed by atoms with Gasteiger partial charge in [0.15, 0.2) is 0 Å².